The monoisotopic (exact) mass is 143 g/mol. The largest absolute Gasteiger partial charge is 0.396 e. The van der Waals surface area contributed by atoms with Crippen molar-refractivity contribution in [1.82, 2.24) is 5.32 Å². The van der Waals surface area contributed by atoms with E-state index >= 15 is 0 Å². The van der Waals surface area contributed by atoms with E-state index in [1.807, 2.05) is 0 Å². The Bertz CT molecular complexity index is 95.3. The van der Waals surface area contributed by atoms with E-state index in [1.165, 1.54) is 12.8 Å². The molecule has 1 heterocycles. The van der Waals surface area contributed by atoms with Crippen LogP contribution >= 0.6 is 0 Å². The van der Waals surface area contributed by atoms with E-state index in [9.17, 15) is 0 Å². The molecule has 1 fully saturated rings. The lowest BCUT2D eigenvalue weighted by molar-refractivity contribution is 0.180. The van der Waals surface area contributed by atoms with Crippen LogP contribution in [0.4, 0.5) is 0 Å². The van der Waals surface area contributed by atoms with Gasteiger partial charge in [0.15, 0.2) is 0 Å². The lowest BCUT2D eigenvalue weighted by Gasteiger charge is -2.17. The van der Waals surface area contributed by atoms with Gasteiger partial charge < -0.3 is 10.4 Å². The molecule has 1 aliphatic heterocycles. The van der Waals surface area contributed by atoms with Crippen molar-refractivity contribution in [3.63, 3.8) is 0 Å². The predicted octanol–water partition coefficient (Wildman–Crippen LogP) is 0.614. The number of nitrogens with one attached hydrogen (secondary N) is 1. The van der Waals surface area contributed by atoms with Gasteiger partial charge in [-0.25, -0.2) is 0 Å². The Labute approximate surface area is 62.6 Å². The van der Waals surface area contributed by atoms with Gasteiger partial charge in [0.25, 0.3) is 0 Å². The van der Waals surface area contributed by atoms with Crippen LogP contribution in [0.2, 0.25) is 0 Å². The van der Waals surface area contributed by atoms with E-state index in [4.69, 9.17) is 5.11 Å². The van der Waals surface area contributed by atoms with E-state index in [0.29, 0.717) is 18.4 Å². The van der Waals surface area contributed by atoms with Crippen LogP contribution in [0.15, 0.2) is 0 Å². The Morgan fingerprint density at radius 1 is 1.60 bits per heavy atom. The average Bonchev–Trinajstić information content (AvgIpc) is 2.13. The van der Waals surface area contributed by atoms with Gasteiger partial charge >= 0.3 is 0 Å². The Morgan fingerprint density at radius 3 is 3.10 bits per heavy atom. The molecule has 1 saturated heterocycles. The maximum atomic E-state index is 8.96. The third-order valence-corrected chi connectivity index (χ3v) is 2.43. The molecule has 2 heteroatoms. The molecule has 10 heavy (non-hydrogen) atoms. The summed E-state index contributed by atoms with van der Waals surface area (Å²) in [4.78, 5) is 0. The van der Waals surface area contributed by atoms with Crippen LogP contribution in [0.5, 0.6) is 0 Å². The van der Waals surface area contributed by atoms with Crippen molar-refractivity contribution < 1.29 is 5.11 Å². The fourth-order valence-corrected chi connectivity index (χ4v) is 1.54. The van der Waals surface area contributed by atoms with Gasteiger partial charge in [-0.2, -0.15) is 0 Å². The summed E-state index contributed by atoms with van der Waals surface area (Å²) in [5, 5.41) is 12.3. The molecule has 0 aromatic heterocycles. The van der Waals surface area contributed by atoms with Crippen molar-refractivity contribution in [2.24, 2.45) is 11.8 Å². The van der Waals surface area contributed by atoms with Crippen molar-refractivity contribution in [2.45, 2.75) is 19.8 Å². The molecule has 0 saturated carbocycles. The van der Waals surface area contributed by atoms with Crippen molar-refractivity contribution in [2.75, 3.05) is 19.7 Å². The first-order chi connectivity index (χ1) is 4.84. The van der Waals surface area contributed by atoms with Gasteiger partial charge in [-0.3, -0.25) is 0 Å². The number of hydrogen-bond donors (Lipinski definition) is 2. The van der Waals surface area contributed by atoms with Gasteiger partial charge in [-0.15, -0.1) is 0 Å². The van der Waals surface area contributed by atoms with Crippen molar-refractivity contribution in [3.05, 3.63) is 0 Å². The lowest BCUT2D eigenvalue weighted by Crippen LogP contribution is -2.23. The summed E-state index contributed by atoms with van der Waals surface area (Å²) < 4.78 is 0. The quantitative estimate of drug-likeness (QED) is 0.564. The molecule has 0 amide bonds. The van der Waals surface area contributed by atoms with E-state index in [-0.39, 0.29) is 0 Å². The summed E-state index contributed by atoms with van der Waals surface area (Å²) in [6.07, 6.45) is 2.40. The molecule has 1 rings (SSSR count). The van der Waals surface area contributed by atoms with Gasteiger partial charge in [0.05, 0.1) is 0 Å². The summed E-state index contributed by atoms with van der Waals surface area (Å²) in [6.45, 7) is 4.77. The fraction of sp³-hybridized carbons (Fsp3) is 1.00. The third kappa shape index (κ3) is 1.96. The SMILES string of the molecule is CC1CNCCCC1CO. The second kappa shape index (κ2) is 3.94. The molecule has 2 unspecified atom stereocenters. The van der Waals surface area contributed by atoms with E-state index in [2.05, 4.69) is 12.2 Å². The Kier molecular flexibility index (Phi) is 3.16. The molecule has 0 aromatic carbocycles. The summed E-state index contributed by atoms with van der Waals surface area (Å²) in [5.41, 5.74) is 0. The minimum Gasteiger partial charge on any atom is -0.396 e. The first kappa shape index (κ1) is 8.02. The van der Waals surface area contributed by atoms with Gasteiger partial charge in [0.2, 0.25) is 0 Å². The van der Waals surface area contributed by atoms with Crippen LogP contribution in [-0.4, -0.2) is 24.8 Å². The fourth-order valence-electron chi connectivity index (χ4n) is 1.54. The normalized spacial score (nSPS) is 35.4. The topological polar surface area (TPSA) is 32.3 Å². The van der Waals surface area contributed by atoms with Crippen LogP contribution in [0.3, 0.4) is 0 Å². The molecule has 2 N–H and O–H groups in total. The van der Waals surface area contributed by atoms with Crippen LogP contribution in [0.1, 0.15) is 19.8 Å². The van der Waals surface area contributed by atoms with Crippen molar-refractivity contribution in [3.8, 4) is 0 Å². The summed E-state index contributed by atoms with van der Waals surface area (Å²) in [5.74, 6) is 1.18. The number of aliphatic hydroxyl groups is 1. The zero-order valence-corrected chi connectivity index (χ0v) is 6.64. The third-order valence-electron chi connectivity index (χ3n) is 2.43. The summed E-state index contributed by atoms with van der Waals surface area (Å²) in [7, 11) is 0. The van der Waals surface area contributed by atoms with Gasteiger partial charge in [0.1, 0.15) is 0 Å². The highest BCUT2D eigenvalue weighted by atomic mass is 16.3. The molecule has 0 radical (unpaired) electrons. The second-order valence-electron chi connectivity index (χ2n) is 3.27. The molecule has 1 aliphatic rings. The zero-order valence-electron chi connectivity index (χ0n) is 6.64. The summed E-state index contributed by atoms with van der Waals surface area (Å²) in [6, 6.07) is 0. The number of rotatable bonds is 1. The minimum absolute atomic E-state index is 0.364. The zero-order chi connectivity index (χ0) is 7.40. The van der Waals surface area contributed by atoms with Crippen LogP contribution < -0.4 is 5.32 Å². The molecule has 0 aliphatic carbocycles. The maximum Gasteiger partial charge on any atom is 0.0462 e. The molecule has 2 atom stereocenters. The Hall–Kier alpha value is -0.0800. The molecular weight excluding hydrogens is 126 g/mol. The first-order valence-electron chi connectivity index (χ1n) is 4.16. The van der Waals surface area contributed by atoms with E-state index in [1.54, 1.807) is 0 Å². The van der Waals surface area contributed by atoms with Crippen LogP contribution in [0.25, 0.3) is 0 Å². The Morgan fingerprint density at radius 2 is 2.40 bits per heavy atom. The standard InChI is InChI=1S/C8H17NO/c1-7-5-9-4-2-3-8(7)6-10/h7-10H,2-6H2,1H3. The predicted molar refractivity (Wildman–Crippen MR) is 41.8 cm³/mol. The van der Waals surface area contributed by atoms with Gasteiger partial charge in [-0.05, 0) is 37.8 Å². The second-order valence-corrected chi connectivity index (χ2v) is 3.27. The average molecular weight is 143 g/mol. The van der Waals surface area contributed by atoms with Gasteiger partial charge in [0, 0.05) is 6.61 Å². The molecular formula is C8H17NO. The molecule has 0 bridgehead atoms. The van der Waals surface area contributed by atoms with Crippen LogP contribution in [0, 0.1) is 11.8 Å². The van der Waals surface area contributed by atoms with Crippen LogP contribution in [-0.2, 0) is 0 Å². The van der Waals surface area contributed by atoms with E-state index in [0.717, 1.165) is 13.1 Å². The number of hydrogen-bond acceptors (Lipinski definition) is 2. The highest BCUT2D eigenvalue weighted by molar-refractivity contribution is 4.71. The highest BCUT2D eigenvalue weighted by Gasteiger charge is 2.17. The first-order valence-corrected chi connectivity index (χ1v) is 4.16. The molecule has 0 spiro atoms. The molecule has 2 nitrogen and oxygen atoms in total. The lowest BCUT2D eigenvalue weighted by atomic mass is 9.92. The van der Waals surface area contributed by atoms with E-state index < -0.39 is 0 Å². The minimum atomic E-state index is 0.364. The molecule has 0 aromatic rings. The maximum absolute atomic E-state index is 8.96. The molecule has 60 valence electrons. The Balaban J connectivity index is 2.35. The van der Waals surface area contributed by atoms with Crippen molar-refractivity contribution in [1.29, 1.82) is 0 Å². The summed E-state index contributed by atoms with van der Waals surface area (Å²) >= 11 is 0. The highest BCUT2D eigenvalue weighted by Crippen LogP contribution is 2.18. The van der Waals surface area contributed by atoms with Gasteiger partial charge in [-0.1, -0.05) is 6.92 Å². The van der Waals surface area contributed by atoms with Crippen molar-refractivity contribution >= 4 is 0 Å². The number of aliphatic hydroxyl groups excluding tert-OH is 1. The smallest absolute Gasteiger partial charge is 0.0462 e.